The van der Waals surface area contributed by atoms with Gasteiger partial charge in [0.05, 0.1) is 27.7 Å². The first-order valence-electron chi connectivity index (χ1n) is 21.7. The average molecular weight is 784 g/mol. The van der Waals surface area contributed by atoms with Gasteiger partial charge in [-0.25, -0.2) is 0 Å². The Labute approximate surface area is 331 Å². The van der Waals surface area contributed by atoms with Gasteiger partial charge in [-0.15, -0.1) is 0 Å². The number of esters is 2. The molecule has 0 heterocycles. The van der Waals surface area contributed by atoms with Crippen molar-refractivity contribution < 1.29 is 42.1 Å². The maximum Gasteiger partial charge on any atom is 0.306 e. The number of quaternary nitrogens is 1. The van der Waals surface area contributed by atoms with Crippen LogP contribution in [-0.4, -0.2) is 70.0 Å². The minimum Gasteiger partial charge on any atom is -0.756 e. The first kappa shape index (κ1) is 52.2. The van der Waals surface area contributed by atoms with Gasteiger partial charge in [-0.05, 0) is 57.8 Å². The smallest absolute Gasteiger partial charge is 0.306 e. The molecule has 54 heavy (non-hydrogen) atoms. The van der Waals surface area contributed by atoms with Gasteiger partial charge in [0.15, 0.2) is 6.10 Å². The number of unbranched alkanes of at least 4 members (excludes halogenated alkanes) is 19. The molecule has 0 aromatic carbocycles. The first-order valence-corrected chi connectivity index (χ1v) is 23.2. The number of hydrogen-bond acceptors (Lipinski definition) is 8. The van der Waals surface area contributed by atoms with Gasteiger partial charge in [0.25, 0.3) is 7.82 Å². The highest BCUT2D eigenvalue weighted by atomic mass is 31.2. The Kier molecular flexibility index (Phi) is 35.6. The van der Waals surface area contributed by atoms with E-state index in [1.54, 1.807) is 0 Å². The lowest BCUT2D eigenvalue weighted by atomic mass is 10.1. The molecule has 0 spiro atoms. The van der Waals surface area contributed by atoms with Crippen LogP contribution >= 0.6 is 7.82 Å². The van der Waals surface area contributed by atoms with Crippen LogP contribution in [0.3, 0.4) is 0 Å². The maximum atomic E-state index is 12.6. The molecule has 0 aliphatic heterocycles. The van der Waals surface area contributed by atoms with Gasteiger partial charge >= 0.3 is 11.9 Å². The van der Waals surface area contributed by atoms with Gasteiger partial charge in [0, 0.05) is 12.8 Å². The highest BCUT2D eigenvalue weighted by Gasteiger charge is 2.21. The van der Waals surface area contributed by atoms with E-state index in [-0.39, 0.29) is 26.1 Å². The summed E-state index contributed by atoms with van der Waals surface area (Å²) in [6.45, 7) is 4.14. The number of phosphoric acid groups is 1. The zero-order chi connectivity index (χ0) is 40.0. The predicted octanol–water partition coefficient (Wildman–Crippen LogP) is 11.5. The number of rotatable bonds is 39. The molecule has 9 nitrogen and oxygen atoms in total. The molecule has 0 aromatic heterocycles. The molecular formula is C44H82NO8P. The molecule has 0 aliphatic carbocycles. The molecule has 2 atom stereocenters. The third kappa shape index (κ3) is 39.9. The van der Waals surface area contributed by atoms with Gasteiger partial charge in [0.2, 0.25) is 0 Å². The molecule has 10 heteroatoms. The van der Waals surface area contributed by atoms with Crippen LogP contribution in [0.15, 0.2) is 36.5 Å². The van der Waals surface area contributed by atoms with Crippen molar-refractivity contribution in [3.63, 3.8) is 0 Å². The van der Waals surface area contributed by atoms with Crippen LogP contribution in [0.4, 0.5) is 0 Å². The summed E-state index contributed by atoms with van der Waals surface area (Å²) in [7, 11) is 1.14. The molecule has 0 radical (unpaired) electrons. The van der Waals surface area contributed by atoms with E-state index in [9.17, 15) is 19.0 Å². The molecule has 1 unspecified atom stereocenters. The summed E-state index contributed by atoms with van der Waals surface area (Å²) in [5, 5.41) is 0. The molecule has 0 amide bonds. The summed E-state index contributed by atoms with van der Waals surface area (Å²) < 4.78 is 33.8. The predicted molar refractivity (Wildman–Crippen MR) is 222 cm³/mol. The molecule has 0 fully saturated rings. The van der Waals surface area contributed by atoms with Crippen molar-refractivity contribution in [2.24, 2.45) is 0 Å². The standard InChI is InChI=1S/C44H82NO8P/c1-6-8-10-12-14-16-18-20-22-24-26-28-30-32-34-36-43(46)50-40-42(41-52-54(48,49)51-39-38-45(3,4)5)53-44(47)37-35-33-31-29-27-25-23-21-19-17-15-13-11-9-7-2/h14,16,20,22,31,33,42H,6-13,15,17-19,21,23-30,32,34-41H2,1-5H3/b16-14+,22-20+,33-31+/t42-/m1/s1. The van der Waals surface area contributed by atoms with Crippen molar-refractivity contribution in [3.8, 4) is 0 Å². The number of phosphoric ester groups is 1. The van der Waals surface area contributed by atoms with E-state index in [0.29, 0.717) is 23.9 Å². The number of likely N-dealkylation sites (N-methyl/N-ethyl adjacent to an activating group) is 1. The topological polar surface area (TPSA) is 111 Å². The molecule has 316 valence electrons. The Morgan fingerprint density at radius 3 is 1.59 bits per heavy atom. The van der Waals surface area contributed by atoms with E-state index >= 15 is 0 Å². The first-order chi connectivity index (χ1) is 26.0. The molecule has 0 bridgehead atoms. The van der Waals surface area contributed by atoms with Crippen LogP contribution in [-0.2, 0) is 32.7 Å². The van der Waals surface area contributed by atoms with E-state index in [0.717, 1.165) is 51.4 Å². The van der Waals surface area contributed by atoms with Crippen molar-refractivity contribution in [1.82, 2.24) is 0 Å². The third-order valence-corrected chi connectivity index (χ3v) is 10.1. The Bertz CT molecular complexity index is 1020. The highest BCUT2D eigenvalue weighted by Crippen LogP contribution is 2.38. The lowest BCUT2D eigenvalue weighted by molar-refractivity contribution is -0.870. The summed E-state index contributed by atoms with van der Waals surface area (Å²) in [4.78, 5) is 37.4. The number of carbonyl (C=O) groups excluding carboxylic acids is 2. The van der Waals surface area contributed by atoms with Crippen LogP contribution < -0.4 is 4.89 Å². The minimum absolute atomic E-state index is 0.0389. The van der Waals surface area contributed by atoms with Gasteiger partial charge in [-0.1, -0.05) is 147 Å². The second-order valence-electron chi connectivity index (χ2n) is 15.7. The molecule has 0 N–H and O–H groups in total. The summed E-state index contributed by atoms with van der Waals surface area (Å²) in [6, 6.07) is 0. The van der Waals surface area contributed by atoms with Gasteiger partial charge in [0.1, 0.15) is 19.8 Å². The molecule has 0 saturated carbocycles. The van der Waals surface area contributed by atoms with Crippen LogP contribution in [0.1, 0.15) is 181 Å². The number of allylic oxidation sites excluding steroid dienone is 6. The number of carbonyl (C=O) groups is 2. The Morgan fingerprint density at radius 1 is 0.574 bits per heavy atom. The quantitative estimate of drug-likeness (QED) is 0.0199. The summed E-state index contributed by atoms with van der Waals surface area (Å²) >= 11 is 0. The summed E-state index contributed by atoms with van der Waals surface area (Å²) in [5.41, 5.74) is 0. The van der Waals surface area contributed by atoms with E-state index in [1.165, 1.54) is 89.9 Å². The number of nitrogens with zero attached hydrogens (tertiary/aromatic N) is 1. The number of ether oxygens (including phenoxy) is 2. The lowest BCUT2D eigenvalue weighted by Crippen LogP contribution is -2.37. The molecule has 0 aromatic rings. The average Bonchev–Trinajstić information content (AvgIpc) is 3.12. The zero-order valence-electron chi connectivity index (χ0n) is 35.4. The van der Waals surface area contributed by atoms with Crippen molar-refractivity contribution >= 4 is 19.8 Å². The summed E-state index contributed by atoms with van der Waals surface area (Å²) in [5.74, 6) is -0.907. The fraction of sp³-hybridized carbons (Fsp3) is 0.818. The van der Waals surface area contributed by atoms with Crippen molar-refractivity contribution in [2.45, 2.75) is 187 Å². The molecule has 0 saturated heterocycles. The van der Waals surface area contributed by atoms with Crippen LogP contribution in [0.25, 0.3) is 0 Å². The van der Waals surface area contributed by atoms with Crippen molar-refractivity contribution in [1.29, 1.82) is 0 Å². The second kappa shape index (κ2) is 36.8. The lowest BCUT2D eigenvalue weighted by Gasteiger charge is -2.28. The zero-order valence-corrected chi connectivity index (χ0v) is 36.3. The van der Waals surface area contributed by atoms with E-state index in [1.807, 2.05) is 27.2 Å². The van der Waals surface area contributed by atoms with Gasteiger partial charge in [-0.2, -0.15) is 0 Å². The fourth-order valence-corrected chi connectivity index (χ4v) is 6.43. The Balaban J connectivity index is 4.43. The fourth-order valence-electron chi connectivity index (χ4n) is 5.70. The van der Waals surface area contributed by atoms with Crippen molar-refractivity contribution in [2.75, 3.05) is 47.5 Å². The Morgan fingerprint density at radius 2 is 1.04 bits per heavy atom. The van der Waals surface area contributed by atoms with Crippen LogP contribution in [0.2, 0.25) is 0 Å². The Hall–Kier alpha value is -1.77. The van der Waals surface area contributed by atoms with E-state index < -0.39 is 32.5 Å². The van der Waals surface area contributed by atoms with Gasteiger partial charge < -0.3 is 27.9 Å². The van der Waals surface area contributed by atoms with Crippen molar-refractivity contribution in [3.05, 3.63) is 36.5 Å². The third-order valence-electron chi connectivity index (χ3n) is 9.15. The van der Waals surface area contributed by atoms with E-state index in [2.05, 4.69) is 44.2 Å². The molecule has 0 aliphatic rings. The van der Waals surface area contributed by atoms with E-state index in [4.69, 9.17) is 18.5 Å². The summed E-state index contributed by atoms with van der Waals surface area (Å²) in [6.07, 6.45) is 40.4. The van der Waals surface area contributed by atoms with Crippen LogP contribution in [0, 0.1) is 0 Å². The largest absolute Gasteiger partial charge is 0.756 e. The minimum atomic E-state index is -4.63. The molecular weight excluding hydrogens is 701 g/mol. The number of hydrogen-bond donors (Lipinski definition) is 0. The normalized spacial score (nSPS) is 14.0. The highest BCUT2D eigenvalue weighted by molar-refractivity contribution is 7.45. The maximum absolute atomic E-state index is 12.6. The molecule has 0 rings (SSSR count). The SMILES string of the molecule is CCCCC/C=C/C/C=C/CCCCCCCC(=O)OC[C@H](COP(=O)([O-])OCC[N+](C)(C)C)OC(=O)CC/C=C/CCCCCCCCCCCCC. The van der Waals surface area contributed by atoms with Crippen LogP contribution in [0.5, 0.6) is 0 Å². The second-order valence-corrected chi connectivity index (χ2v) is 17.1. The van der Waals surface area contributed by atoms with Gasteiger partial charge in [-0.3, -0.25) is 14.2 Å². The monoisotopic (exact) mass is 784 g/mol.